The molecule has 2 heterocycles. The molecule has 0 aliphatic carbocycles. The van der Waals surface area contributed by atoms with E-state index in [1.54, 1.807) is 6.92 Å². The maximum absolute atomic E-state index is 13.5. The van der Waals surface area contributed by atoms with Gasteiger partial charge in [-0.2, -0.15) is 18.3 Å². The number of hydrogen-bond donors (Lipinski definition) is 1. The van der Waals surface area contributed by atoms with Crippen LogP contribution in [0.3, 0.4) is 0 Å². The van der Waals surface area contributed by atoms with Crippen molar-refractivity contribution in [2.45, 2.75) is 39.5 Å². The normalized spacial score (nSPS) is 12.6. The Labute approximate surface area is 192 Å². The second-order valence-corrected chi connectivity index (χ2v) is 7.82. The van der Waals surface area contributed by atoms with Gasteiger partial charge in [0.25, 0.3) is 5.91 Å². The molecule has 0 bridgehead atoms. The third-order valence-electron chi connectivity index (χ3n) is 5.50. The molecule has 0 radical (unpaired) electrons. The minimum absolute atomic E-state index is 0.166. The number of alkyl halides is 3. The molecule has 1 atom stereocenters. The fourth-order valence-corrected chi connectivity index (χ4v) is 3.93. The van der Waals surface area contributed by atoms with E-state index in [1.807, 2.05) is 35.8 Å². The fourth-order valence-electron chi connectivity index (χ4n) is 3.93. The monoisotopic (exact) mass is 469 g/mol. The number of benzene rings is 2. The molecule has 1 unspecified atom stereocenters. The maximum atomic E-state index is 13.5. The molecule has 1 amide bonds. The van der Waals surface area contributed by atoms with Crippen molar-refractivity contribution < 1.29 is 18.0 Å². The highest BCUT2D eigenvalue weighted by molar-refractivity contribution is 5.92. The zero-order valence-corrected chi connectivity index (χ0v) is 18.7. The molecule has 0 saturated carbocycles. The van der Waals surface area contributed by atoms with Crippen molar-refractivity contribution in [3.05, 3.63) is 87.6 Å². The van der Waals surface area contributed by atoms with Gasteiger partial charge in [-0.1, -0.05) is 24.3 Å². The van der Waals surface area contributed by atoms with Crippen LogP contribution in [0.15, 0.2) is 59.4 Å². The van der Waals surface area contributed by atoms with Crippen LogP contribution in [-0.2, 0) is 12.7 Å². The number of aromatic nitrogens is 4. The van der Waals surface area contributed by atoms with Crippen molar-refractivity contribution in [2.75, 3.05) is 0 Å². The predicted octanol–water partition coefficient (Wildman–Crippen LogP) is 4.42. The summed E-state index contributed by atoms with van der Waals surface area (Å²) in [6, 6.07) is 12.9. The second-order valence-electron chi connectivity index (χ2n) is 7.82. The van der Waals surface area contributed by atoms with E-state index in [9.17, 15) is 22.8 Å². The lowest BCUT2D eigenvalue weighted by Crippen LogP contribution is -2.34. The van der Waals surface area contributed by atoms with Gasteiger partial charge in [0, 0.05) is 18.3 Å². The summed E-state index contributed by atoms with van der Waals surface area (Å²) in [6.07, 6.45) is -4.63. The quantitative estimate of drug-likeness (QED) is 0.469. The van der Waals surface area contributed by atoms with Crippen molar-refractivity contribution in [2.24, 2.45) is 0 Å². The summed E-state index contributed by atoms with van der Waals surface area (Å²) in [7, 11) is 0. The van der Waals surface area contributed by atoms with Gasteiger partial charge in [0.05, 0.1) is 28.3 Å². The van der Waals surface area contributed by atoms with Gasteiger partial charge >= 0.3 is 6.18 Å². The first-order valence-electron chi connectivity index (χ1n) is 10.7. The van der Waals surface area contributed by atoms with Crippen LogP contribution in [0.5, 0.6) is 0 Å². The number of hydrogen-bond acceptors (Lipinski definition) is 4. The molecule has 176 valence electrons. The van der Waals surface area contributed by atoms with Gasteiger partial charge in [0.15, 0.2) is 5.69 Å². The standard InChI is InChI=1S/C24H22F3N5O2/c1-4-31-19-12-8-6-10-17(19)29-22(31)15(3)28-23(34)21-20(33)13-14(2)32(30-21)18-11-7-5-9-16(18)24(25,26)27/h5-13,15H,4H2,1-3H3,(H,28,34). The first-order valence-corrected chi connectivity index (χ1v) is 10.7. The van der Waals surface area contributed by atoms with Gasteiger partial charge in [-0.3, -0.25) is 9.59 Å². The summed E-state index contributed by atoms with van der Waals surface area (Å²) in [4.78, 5) is 30.1. The number of para-hydroxylation sites is 3. The van der Waals surface area contributed by atoms with Gasteiger partial charge in [-0.15, -0.1) is 0 Å². The summed E-state index contributed by atoms with van der Waals surface area (Å²) in [5.41, 5.74) is -0.562. The SMILES string of the molecule is CCn1c(C(C)NC(=O)c2nn(-c3ccccc3C(F)(F)F)c(C)cc2=O)nc2ccccc21. The molecule has 7 nitrogen and oxygen atoms in total. The van der Waals surface area contributed by atoms with E-state index >= 15 is 0 Å². The minimum atomic E-state index is -4.63. The summed E-state index contributed by atoms with van der Waals surface area (Å²) >= 11 is 0. The number of aryl methyl sites for hydroxylation is 2. The lowest BCUT2D eigenvalue weighted by Gasteiger charge is -2.18. The van der Waals surface area contributed by atoms with E-state index in [-0.39, 0.29) is 11.4 Å². The van der Waals surface area contributed by atoms with Crippen molar-refractivity contribution in [1.29, 1.82) is 0 Å². The third-order valence-corrected chi connectivity index (χ3v) is 5.50. The Bertz CT molecular complexity index is 1440. The molecule has 0 aliphatic heterocycles. The van der Waals surface area contributed by atoms with Crippen molar-refractivity contribution in [1.82, 2.24) is 24.6 Å². The molecule has 0 fully saturated rings. The lowest BCUT2D eigenvalue weighted by molar-refractivity contribution is -0.137. The molecule has 4 rings (SSSR count). The number of amides is 1. The molecule has 2 aromatic carbocycles. The van der Waals surface area contributed by atoms with Gasteiger partial charge in [0.2, 0.25) is 5.43 Å². The van der Waals surface area contributed by atoms with Crippen molar-refractivity contribution in [3.63, 3.8) is 0 Å². The lowest BCUT2D eigenvalue weighted by atomic mass is 10.1. The first-order chi connectivity index (χ1) is 16.1. The number of rotatable bonds is 5. The van der Waals surface area contributed by atoms with Gasteiger partial charge < -0.3 is 9.88 Å². The third kappa shape index (κ3) is 4.18. The van der Waals surface area contributed by atoms with Crippen LogP contribution in [0, 0.1) is 6.92 Å². The average Bonchev–Trinajstić information content (AvgIpc) is 3.17. The van der Waals surface area contributed by atoms with Crippen molar-refractivity contribution in [3.8, 4) is 5.69 Å². The van der Waals surface area contributed by atoms with E-state index in [2.05, 4.69) is 15.4 Å². The highest BCUT2D eigenvalue weighted by atomic mass is 19.4. The second kappa shape index (κ2) is 8.77. The predicted molar refractivity (Wildman–Crippen MR) is 121 cm³/mol. The Balaban J connectivity index is 1.72. The van der Waals surface area contributed by atoms with Crippen LogP contribution in [0.1, 0.15) is 47.5 Å². The Morgan fingerprint density at radius 1 is 1.12 bits per heavy atom. The summed E-state index contributed by atoms with van der Waals surface area (Å²) in [5, 5.41) is 6.72. The molecular formula is C24H22F3N5O2. The number of imidazole rings is 1. The Kier molecular flexibility index (Phi) is 5.99. The van der Waals surface area contributed by atoms with Gasteiger partial charge in [0.1, 0.15) is 5.82 Å². The van der Waals surface area contributed by atoms with Gasteiger partial charge in [-0.05, 0) is 45.0 Å². The highest BCUT2D eigenvalue weighted by Gasteiger charge is 2.34. The number of carbonyl (C=O) groups excluding carboxylic acids is 1. The molecule has 34 heavy (non-hydrogen) atoms. The zero-order valence-electron chi connectivity index (χ0n) is 18.7. The first kappa shape index (κ1) is 23.2. The fraction of sp³-hybridized carbons (Fsp3) is 0.250. The molecule has 0 spiro atoms. The Morgan fingerprint density at radius 2 is 1.79 bits per heavy atom. The van der Waals surface area contributed by atoms with E-state index in [0.717, 1.165) is 27.8 Å². The summed E-state index contributed by atoms with van der Waals surface area (Å²) in [6.45, 7) is 5.73. The topological polar surface area (TPSA) is 81.8 Å². The zero-order chi connectivity index (χ0) is 24.6. The van der Waals surface area contributed by atoms with E-state index < -0.39 is 34.8 Å². The number of nitrogens with one attached hydrogen (secondary N) is 1. The van der Waals surface area contributed by atoms with Crippen molar-refractivity contribution >= 4 is 16.9 Å². The van der Waals surface area contributed by atoms with Crippen LogP contribution in [0.4, 0.5) is 13.2 Å². The molecule has 4 aromatic rings. The summed E-state index contributed by atoms with van der Waals surface area (Å²) < 4.78 is 43.5. The molecule has 1 N–H and O–H groups in total. The molecule has 2 aromatic heterocycles. The highest BCUT2D eigenvalue weighted by Crippen LogP contribution is 2.33. The molecule has 0 saturated heterocycles. The minimum Gasteiger partial charge on any atom is -0.341 e. The maximum Gasteiger partial charge on any atom is 0.418 e. The van der Waals surface area contributed by atoms with Crippen LogP contribution in [0.2, 0.25) is 0 Å². The number of fused-ring (bicyclic) bond motifs is 1. The van der Waals surface area contributed by atoms with Crippen LogP contribution >= 0.6 is 0 Å². The number of carbonyl (C=O) groups is 1. The van der Waals surface area contributed by atoms with E-state index in [1.165, 1.54) is 25.1 Å². The van der Waals surface area contributed by atoms with Crippen LogP contribution in [0.25, 0.3) is 16.7 Å². The Hall–Kier alpha value is -3.95. The average molecular weight is 469 g/mol. The van der Waals surface area contributed by atoms with Crippen LogP contribution < -0.4 is 10.7 Å². The number of halogens is 3. The summed E-state index contributed by atoms with van der Waals surface area (Å²) in [5.74, 6) is -0.211. The Morgan fingerprint density at radius 3 is 2.50 bits per heavy atom. The van der Waals surface area contributed by atoms with E-state index in [4.69, 9.17) is 0 Å². The van der Waals surface area contributed by atoms with E-state index in [0.29, 0.717) is 12.4 Å². The molecule has 0 aliphatic rings. The molecular weight excluding hydrogens is 447 g/mol. The smallest absolute Gasteiger partial charge is 0.341 e. The molecule has 10 heteroatoms. The number of nitrogens with zero attached hydrogens (tertiary/aromatic N) is 4. The van der Waals surface area contributed by atoms with Crippen LogP contribution in [-0.4, -0.2) is 25.2 Å². The van der Waals surface area contributed by atoms with Gasteiger partial charge in [-0.25, -0.2) is 9.67 Å². The largest absolute Gasteiger partial charge is 0.418 e.